The minimum Gasteiger partial charge on any atom is -0.353 e. The van der Waals surface area contributed by atoms with E-state index in [0.717, 1.165) is 45.2 Å². The van der Waals surface area contributed by atoms with E-state index in [1.807, 2.05) is 4.90 Å². The molecule has 0 aromatic rings. The van der Waals surface area contributed by atoms with E-state index in [0.29, 0.717) is 12.5 Å². The number of nitrogens with zero attached hydrogens (tertiary/aromatic N) is 1. The molecule has 2 amide bonds. The summed E-state index contributed by atoms with van der Waals surface area (Å²) < 4.78 is 0. The van der Waals surface area contributed by atoms with Crippen LogP contribution in [0.25, 0.3) is 0 Å². The van der Waals surface area contributed by atoms with Crippen molar-refractivity contribution in [1.82, 2.24) is 10.2 Å². The van der Waals surface area contributed by atoms with E-state index in [1.165, 1.54) is 19.3 Å². The minimum absolute atomic E-state index is 0.105. The molecule has 1 saturated carbocycles. The van der Waals surface area contributed by atoms with Crippen LogP contribution in [0.1, 0.15) is 57.8 Å². The van der Waals surface area contributed by atoms with E-state index in [-0.39, 0.29) is 23.7 Å². The molecule has 2 unspecified atom stereocenters. The Morgan fingerprint density at radius 2 is 1.50 bits per heavy atom. The third-order valence-electron chi connectivity index (χ3n) is 5.46. The Balaban J connectivity index is 1.62. The van der Waals surface area contributed by atoms with Gasteiger partial charge in [-0.25, -0.2) is 0 Å². The second kappa shape index (κ2) is 7.30. The molecule has 0 bridgehead atoms. The zero-order valence-corrected chi connectivity index (χ0v) is 13.4. The van der Waals surface area contributed by atoms with Crippen molar-refractivity contribution in [3.63, 3.8) is 0 Å². The number of rotatable bonds is 3. The Kier molecular flexibility index (Phi) is 5.16. The lowest BCUT2D eigenvalue weighted by Crippen LogP contribution is -2.46. The van der Waals surface area contributed by atoms with Crippen LogP contribution in [-0.2, 0) is 9.59 Å². The highest BCUT2D eigenvalue weighted by atomic mass is 16.2. The Bertz CT molecular complexity index is 434. The van der Waals surface area contributed by atoms with Crippen molar-refractivity contribution in [2.75, 3.05) is 13.1 Å². The van der Waals surface area contributed by atoms with Crippen LogP contribution < -0.4 is 5.32 Å². The molecule has 0 radical (unpaired) electrons. The van der Waals surface area contributed by atoms with Gasteiger partial charge in [-0.1, -0.05) is 31.4 Å². The van der Waals surface area contributed by atoms with Gasteiger partial charge in [0, 0.05) is 19.1 Å². The van der Waals surface area contributed by atoms with Gasteiger partial charge in [-0.3, -0.25) is 9.59 Å². The van der Waals surface area contributed by atoms with Gasteiger partial charge >= 0.3 is 0 Å². The van der Waals surface area contributed by atoms with E-state index < -0.39 is 0 Å². The molecule has 0 spiro atoms. The van der Waals surface area contributed by atoms with Crippen molar-refractivity contribution in [2.24, 2.45) is 11.8 Å². The van der Waals surface area contributed by atoms with Crippen molar-refractivity contribution in [3.05, 3.63) is 12.2 Å². The van der Waals surface area contributed by atoms with E-state index in [2.05, 4.69) is 17.5 Å². The maximum absolute atomic E-state index is 12.7. The van der Waals surface area contributed by atoms with E-state index in [4.69, 9.17) is 0 Å². The summed E-state index contributed by atoms with van der Waals surface area (Å²) in [5, 5.41) is 3.22. The number of carbonyl (C=O) groups is 2. The van der Waals surface area contributed by atoms with Gasteiger partial charge < -0.3 is 10.2 Å². The molecule has 0 aromatic carbocycles. The molecule has 3 rings (SSSR count). The molecule has 1 N–H and O–H groups in total. The number of amides is 2. The van der Waals surface area contributed by atoms with Crippen LogP contribution in [0.4, 0.5) is 0 Å². The first-order valence-corrected chi connectivity index (χ1v) is 9.00. The van der Waals surface area contributed by atoms with Crippen molar-refractivity contribution in [1.29, 1.82) is 0 Å². The summed E-state index contributed by atoms with van der Waals surface area (Å²) in [6.07, 6.45) is 13.7. The summed E-state index contributed by atoms with van der Waals surface area (Å²) in [7, 11) is 0. The fourth-order valence-electron chi connectivity index (χ4n) is 4.10. The van der Waals surface area contributed by atoms with Gasteiger partial charge in [-0.2, -0.15) is 0 Å². The third kappa shape index (κ3) is 3.53. The average Bonchev–Trinajstić information content (AvgIpc) is 3.09. The van der Waals surface area contributed by atoms with Gasteiger partial charge in [-0.15, -0.1) is 0 Å². The molecule has 4 heteroatoms. The van der Waals surface area contributed by atoms with Crippen LogP contribution in [0, 0.1) is 11.8 Å². The minimum atomic E-state index is -0.167. The van der Waals surface area contributed by atoms with E-state index >= 15 is 0 Å². The van der Waals surface area contributed by atoms with Gasteiger partial charge in [0.2, 0.25) is 11.8 Å². The van der Waals surface area contributed by atoms with Crippen LogP contribution in [0.5, 0.6) is 0 Å². The number of carbonyl (C=O) groups excluding carboxylic acids is 2. The van der Waals surface area contributed by atoms with Crippen LogP contribution >= 0.6 is 0 Å². The Morgan fingerprint density at radius 1 is 0.864 bits per heavy atom. The van der Waals surface area contributed by atoms with Crippen molar-refractivity contribution >= 4 is 11.8 Å². The number of hydrogen-bond donors (Lipinski definition) is 1. The van der Waals surface area contributed by atoms with Crippen LogP contribution in [0.2, 0.25) is 0 Å². The molecule has 2 fully saturated rings. The fraction of sp³-hybridized carbons (Fsp3) is 0.778. The van der Waals surface area contributed by atoms with E-state index in [9.17, 15) is 9.59 Å². The molecule has 3 aliphatic rings. The van der Waals surface area contributed by atoms with Gasteiger partial charge in [-0.05, 0) is 38.5 Å². The molecular formula is C18H28N2O2. The summed E-state index contributed by atoms with van der Waals surface area (Å²) in [5.74, 6) is -0.00819. The van der Waals surface area contributed by atoms with Crippen LogP contribution in [0.15, 0.2) is 12.2 Å². The molecule has 122 valence electrons. The predicted molar refractivity (Wildman–Crippen MR) is 86.2 cm³/mol. The zero-order valence-electron chi connectivity index (χ0n) is 13.4. The SMILES string of the molecule is O=C(NC1CCCCC1)C1CC=CCC1C(=O)N1CCCC1. The summed E-state index contributed by atoms with van der Waals surface area (Å²) in [4.78, 5) is 27.4. The number of allylic oxidation sites excluding steroid dienone is 2. The number of hydrogen-bond acceptors (Lipinski definition) is 2. The van der Waals surface area contributed by atoms with Gasteiger partial charge in [0.05, 0.1) is 11.8 Å². The molecule has 2 atom stereocenters. The van der Waals surface area contributed by atoms with Crippen LogP contribution in [-0.4, -0.2) is 35.8 Å². The topological polar surface area (TPSA) is 49.4 Å². The molecule has 1 saturated heterocycles. The first kappa shape index (κ1) is 15.6. The van der Waals surface area contributed by atoms with Gasteiger partial charge in [0.1, 0.15) is 0 Å². The highest BCUT2D eigenvalue weighted by molar-refractivity contribution is 5.88. The lowest BCUT2D eigenvalue weighted by molar-refractivity contribution is -0.141. The lowest BCUT2D eigenvalue weighted by Gasteiger charge is -2.32. The predicted octanol–water partition coefficient (Wildman–Crippen LogP) is 2.64. The second-order valence-corrected chi connectivity index (χ2v) is 7.03. The first-order valence-electron chi connectivity index (χ1n) is 9.00. The average molecular weight is 304 g/mol. The van der Waals surface area contributed by atoms with Gasteiger partial charge in [0.25, 0.3) is 0 Å². The summed E-state index contributed by atoms with van der Waals surface area (Å²) in [6, 6.07) is 0.328. The lowest BCUT2D eigenvalue weighted by atomic mass is 9.81. The van der Waals surface area contributed by atoms with Crippen molar-refractivity contribution in [2.45, 2.75) is 63.8 Å². The Hall–Kier alpha value is -1.32. The first-order chi connectivity index (χ1) is 10.8. The maximum atomic E-state index is 12.7. The molecule has 0 aromatic heterocycles. The molecule has 1 heterocycles. The standard InChI is InChI=1S/C18H28N2O2/c21-17(19-14-8-2-1-3-9-14)15-10-4-5-11-16(15)18(22)20-12-6-7-13-20/h4-5,14-16H,1-3,6-13H2,(H,19,21). The highest BCUT2D eigenvalue weighted by Crippen LogP contribution is 2.29. The van der Waals surface area contributed by atoms with Crippen LogP contribution in [0.3, 0.4) is 0 Å². The molecule has 2 aliphatic carbocycles. The van der Waals surface area contributed by atoms with Crippen molar-refractivity contribution < 1.29 is 9.59 Å². The quantitative estimate of drug-likeness (QED) is 0.815. The normalized spacial score (nSPS) is 29.5. The highest BCUT2D eigenvalue weighted by Gasteiger charge is 2.37. The second-order valence-electron chi connectivity index (χ2n) is 7.03. The fourth-order valence-corrected chi connectivity index (χ4v) is 4.10. The Labute approximate surface area is 133 Å². The molecular weight excluding hydrogens is 276 g/mol. The number of nitrogens with one attached hydrogen (secondary N) is 1. The monoisotopic (exact) mass is 304 g/mol. The van der Waals surface area contributed by atoms with Crippen molar-refractivity contribution in [3.8, 4) is 0 Å². The summed E-state index contributed by atoms with van der Waals surface area (Å²) in [6.45, 7) is 1.74. The molecule has 22 heavy (non-hydrogen) atoms. The number of likely N-dealkylation sites (tertiary alicyclic amines) is 1. The smallest absolute Gasteiger partial charge is 0.226 e. The molecule has 1 aliphatic heterocycles. The maximum Gasteiger partial charge on any atom is 0.226 e. The third-order valence-corrected chi connectivity index (χ3v) is 5.46. The summed E-state index contributed by atoms with van der Waals surface area (Å²) in [5.41, 5.74) is 0. The molecule has 4 nitrogen and oxygen atoms in total. The summed E-state index contributed by atoms with van der Waals surface area (Å²) >= 11 is 0. The van der Waals surface area contributed by atoms with E-state index in [1.54, 1.807) is 0 Å². The largest absolute Gasteiger partial charge is 0.353 e. The Morgan fingerprint density at radius 3 is 2.18 bits per heavy atom. The van der Waals surface area contributed by atoms with Gasteiger partial charge in [0.15, 0.2) is 0 Å². The zero-order chi connectivity index (χ0) is 15.4.